The van der Waals surface area contributed by atoms with Crippen LogP contribution < -0.4 is 16.8 Å². The molecule has 0 saturated heterocycles. The summed E-state index contributed by atoms with van der Waals surface area (Å²) in [6.45, 7) is 5.88. The molecule has 0 fully saturated rings. The third-order valence-corrected chi connectivity index (χ3v) is 2.14. The zero-order valence-electron chi connectivity index (χ0n) is 9.86. The van der Waals surface area contributed by atoms with Crippen molar-refractivity contribution in [3.05, 3.63) is 18.0 Å². The molecule has 5 heteroatoms. The Morgan fingerprint density at radius 2 is 2.25 bits per heavy atom. The first-order chi connectivity index (χ1) is 7.54. The molecule has 1 heterocycles. The molecule has 5 nitrogen and oxygen atoms in total. The molecule has 1 rings (SSSR count). The summed E-state index contributed by atoms with van der Waals surface area (Å²) in [4.78, 5) is 11.8. The van der Waals surface area contributed by atoms with Gasteiger partial charge in [-0.1, -0.05) is 13.8 Å². The van der Waals surface area contributed by atoms with Crippen LogP contribution in [0.3, 0.4) is 0 Å². The maximum atomic E-state index is 11.8. The number of amides is 1. The van der Waals surface area contributed by atoms with Crippen molar-refractivity contribution in [2.24, 2.45) is 11.7 Å². The monoisotopic (exact) mass is 224 g/mol. The standard InChI is InChI=1S/C11H20N4O/c1-8(2)6-15-7-9(13)5-10(15)11(16)14-4-3-12/h5,7-8H,3-4,6,12-13H2,1-2H3,(H,14,16). The van der Waals surface area contributed by atoms with Crippen LogP contribution in [-0.4, -0.2) is 23.6 Å². The molecule has 0 aromatic carbocycles. The zero-order valence-corrected chi connectivity index (χ0v) is 9.86. The molecule has 0 unspecified atom stereocenters. The predicted octanol–water partition coefficient (Wildman–Crippen LogP) is 0.415. The summed E-state index contributed by atoms with van der Waals surface area (Å²) in [6.07, 6.45) is 1.79. The van der Waals surface area contributed by atoms with E-state index in [1.807, 2.05) is 4.57 Å². The summed E-state index contributed by atoms with van der Waals surface area (Å²) in [5.41, 5.74) is 12.2. The minimum absolute atomic E-state index is 0.122. The Bertz CT molecular complexity index is 357. The van der Waals surface area contributed by atoms with Gasteiger partial charge in [0.1, 0.15) is 5.69 Å². The molecular weight excluding hydrogens is 204 g/mol. The van der Waals surface area contributed by atoms with Gasteiger partial charge in [0.25, 0.3) is 5.91 Å². The zero-order chi connectivity index (χ0) is 12.1. The van der Waals surface area contributed by atoms with Crippen LogP contribution in [-0.2, 0) is 6.54 Å². The normalized spacial score (nSPS) is 10.8. The lowest BCUT2D eigenvalue weighted by Crippen LogP contribution is -2.30. The number of nitrogens with two attached hydrogens (primary N) is 2. The Morgan fingerprint density at radius 1 is 1.56 bits per heavy atom. The van der Waals surface area contributed by atoms with Crippen LogP contribution in [0.15, 0.2) is 12.3 Å². The maximum Gasteiger partial charge on any atom is 0.268 e. The number of hydrogen-bond donors (Lipinski definition) is 3. The Balaban J connectivity index is 2.81. The van der Waals surface area contributed by atoms with Crippen LogP contribution in [0.2, 0.25) is 0 Å². The van der Waals surface area contributed by atoms with Crippen LogP contribution >= 0.6 is 0 Å². The van der Waals surface area contributed by atoms with Crippen LogP contribution in [0.4, 0.5) is 5.69 Å². The van der Waals surface area contributed by atoms with Crippen molar-refractivity contribution in [1.82, 2.24) is 9.88 Å². The van der Waals surface area contributed by atoms with E-state index in [0.29, 0.717) is 30.4 Å². The van der Waals surface area contributed by atoms with Gasteiger partial charge in [-0.2, -0.15) is 0 Å². The smallest absolute Gasteiger partial charge is 0.268 e. The number of carbonyl (C=O) groups is 1. The average molecular weight is 224 g/mol. The van der Waals surface area contributed by atoms with E-state index < -0.39 is 0 Å². The third kappa shape index (κ3) is 3.27. The SMILES string of the molecule is CC(C)Cn1cc(N)cc1C(=O)NCCN. The summed E-state index contributed by atoms with van der Waals surface area (Å²) in [7, 11) is 0. The number of nitrogens with zero attached hydrogens (tertiary/aromatic N) is 1. The van der Waals surface area contributed by atoms with Gasteiger partial charge in [0.2, 0.25) is 0 Å². The third-order valence-electron chi connectivity index (χ3n) is 2.14. The predicted molar refractivity (Wildman–Crippen MR) is 65.1 cm³/mol. The highest BCUT2D eigenvalue weighted by atomic mass is 16.1. The molecule has 0 aliphatic heterocycles. The minimum Gasteiger partial charge on any atom is -0.397 e. The number of rotatable bonds is 5. The Morgan fingerprint density at radius 3 is 2.81 bits per heavy atom. The lowest BCUT2D eigenvalue weighted by atomic mass is 10.2. The first-order valence-corrected chi connectivity index (χ1v) is 5.48. The highest BCUT2D eigenvalue weighted by Crippen LogP contribution is 2.12. The van der Waals surface area contributed by atoms with Crippen LogP contribution in [0.25, 0.3) is 0 Å². The van der Waals surface area contributed by atoms with E-state index in [2.05, 4.69) is 19.2 Å². The first kappa shape index (κ1) is 12.6. The van der Waals surface area contributed by atoms with Gasteiger partial charge in [0.15, 0.2) is 0 Å². The fourth-order valence-electron chi connectivity index (χ4n) is 1.54. The van der Waals surface area contributed by atoms with Crippen LogP contribution in [0, 0.1) is 5.92 Å². The van der Waals surface area contributed by atoms with E-state index in [1.165, 1.54) is 0 Å². The topological polar surface area (TPSA) is 86.1 Å². The highest BCUT2D eigenvalue weighted by molar-refractivity contribution is 5.93. The second kappa shape index (κ2) is 5.55. The summed E-state index contributed by atoms with van der Waals surface area (Å²) in [5.74, 6) is 0.343. The van der Waals surface area contributed by atoms with Crippen LogP contribution in [0.5, 0.6) is 0 Å². The summed E-state index contributed by atoms with van der Waals surface area (Å²) in [6, 6.07) is 1.69. The number of nitrogen functional groups attached to an aromatic ring is 1. The summed E-state index contributed by atoms with van der Waals surface area (Å²) < 4.78 is 1.88. The number of hydrogen-bond acceptors (Lipinski definition) is 3. The summed E-state index contributed by atoms with van der Waals surface area (Å²) in [5, 5.41) is 2.74. The van der Waals surface area contributed by atoms with Crippen molar-refractivity contribution >= 4 is 11.6 Å². The maximum absolute atomic E-state index is 11.8. The van der Waals surface area contributed by atoms with Gasteiger partial charge in [-0.05, 0) is 12.0 Å². The van der Waals surface area contributed by atoms with E-state index in [1.54, 1.807) is 12.3 Å². The molecule has 5 N–H and O–H groups in total. The van der Waals surface area contributed by atoms with Crippen LogP contribution in [0.1, 0.15) is 24.3 Å². The minimum atomic E-state index is -0.122. The highest BCUT2D eigenvalue weighted by Gasteiger charge is 2.12. The molecule has 0 spiro atoms. The van der Waals surface area contributed by atoms with Crippen molar-refractivity contribution in [3.63, 3.8) is 0 Å². The van der Waals surface area contributed by atoms with E-state index >= 15 is 0 Å². The summed E-state index contributed by atoms with van der Waals surface area (Å²) >= 11 is 0. The van der Waals surface area contributed by atoms with Gasteiger partial charge >= 0.3 is 0 Å². The Hall–Kier alpha value is -1.49. The van der Waals surface area contributed by atoms with Gasteiger partial charge in [0, 0.05) is 25.8 Å². The average Bonchev–Trinajstić information content (AvgIpc) is 2.55. The molecule has 0 saturated carbocycles. The van der Waals surface area contributed by atoms with E-state index in [0.717, 1.165) is 6.54 Å². The number of aromatic nitrogens is 1. The molecule has 1 aromatic rings. The Kier molecular flexibility index (Phi) is 4.37. The molecule has 1 aromatic heterocycles. The Labute approximate surface area is 95.8 Å². The molecule has 1 amide bonds. The quantitative estimate of drug-likeness (QED) is 0.677. The fourth-order valence-corrected chi connectivity index (χ4v) is 1.54. The van der Waals surface area contributed by atoms with Crippen molar-refractivity contribution < 1.29 is 4.79 Å². The molecule has 0 radical (unpaired) electrons. The number of anilines is 1. The van der Waals surface area contributed by atoms with Gasteiger partial charge in [-0.15, -0.1) is 0 Å². The molecule has 0 atom stereocenters. The van der Waals surface area contributed by atoms with Gasteiger partial charge in [-0.3, -0.25) is 4.79 Å². The lowest BCUT2D eigenvalue weighted by Gasteiger charge is -2.11. The molecule has 90 valence electrons. The molecule has 0 aliphatic rings. The fraction of sp³-hybridized carbons (Fsp3) is 0.545. The van der Waals surface area contributed by atoms with Crippen molar-refractivity contribution in [3.8, 4) is 0 Å². The first-order valence-electron chi connectivity index (χ1n) is 5.48. The van der Waals surface area contributed by atoms with E-state index in [9.17, 15) is 4.79 Å². The van der Waals surface area contributed by atoms with Crippen molar-refractivity contribution in [2.45, 2.75) is 20.4 Å². The molecule has 16 heavy (non-hydrogen) atoms. The molecule has 0 bridgehead atoms. The molecular formula is C11H20N4O. The van der Waals surface area contributed by atoms with E-state index in [4.69, 9.17) is 11.5 Å². The van der Waals surface area contributed by atoms with Crippen molar-refractivity contribution in [1.29, 1.82) is 0 Å². The van der Waals surface area contributed by atoms with E-state index in [-0.39, 0.29) is 5.91 Å². The second-order valence-electron chi connectivity index (χ2n) is 4.25. The van der Waals surface area contributed by atoms with Crippen molar-refractivity contribution in [2.75, 3.05) is 18.8 Å². The number of carbonyl (C=O) groups excluding carboxylic acids is 1. The lowest BCUT2D eigenvalue weighted by molar-refractivity contribution is 0.0944. The van der Waals surface area contributed by atoms with Gasteiger partial charge in [0.05, 0.1) is 5.69 Å². The second-order valence-corrected chi connectivity index (χ2v) is 4.25. The largest absolute Gasteiger partial charge is 0.397 e. The molecule has 0 aliphatic carbocycles. The van der Waals surface area contributed by atoms with Gasteiger partial charge in [-0.25, -0.2) is 0 Å². The number of nitrogens with one attached hydrogen (secondary N) is 1. The van der Waals surface area contributed by atoms with Gasteiger partial charge < -0.3 is 21.4 Å².